The monoisotopic (exact) mass is 291 g/mol. The summed E-state index contributed by atoms with van der Waals surface area (Å²) in [5, 5.41) is 20.3. The number of rotatable bonds is 2. The molecular formula is C15H17NO3S. The van der Waals surface area contributed by atoms with E-state index in [4.69, 9.17) is 10.00 Å². The van der Waals surface area contributed by atoms with E-state index in [0.29, 0.717) is 24.2 Å². The molecule has 106 valence electrons. The molecule has 4 nitrogen and oxygen atoms in total. The second-order valence-corrected chi connectivity index (χ2v) is 7.61. The highest BCUT2D eigenvalue weighted by Gasteiger charge is 2.48. The van der Waals surface area contributed by atoms with Gasteiger partial charge in [-0.15, -0.1) is 0 Å². The molecule has 1 aromatic carbocycles. The van der Waals surface area contributed by atoms with E-state index in [-0.39, 0.29) is 10.5 Å². The van der Waals surface area contributed by atoms with E-state index in [1.165, 1.54) is 7.11 Å². The SMILES string of the molecule is COc1ccc(C2(O)CC3CCC(C2)S3=O)cc1C#N. The summed E-state index contributed by atoms with van der Waals surface area (Å²) in [6.07, 6.45) is 2.91. The zero-order valence-electron chi connectivity index (χ0n) is 11.3. The largest absolute Gasteiger partial charge is 0.495 e. The summed E-state index contributed by atoms with van der Waals surface area (Å²) in [6.45, 7) is 0. The maximum atomic E-state index is 12.1. The zero-order valence-corrected chi connectivity index (χ0v) is 12.2. The summed E-state index contributed by atoms with van der Waals surface area (Å²) in [6, 6.07) is 7.33. The van der Waals surface area contributed by atoms with Crippen LogP contribution in [0.25, 0.3) is 0 Å². The van der Waals surface area contributed by atoms with Crippen molar-refractivity contribution in [3.05, 3.63) is 29.3 Å². The lowest BCUT2D eigenvalue weighted by Gasteiger charge is -2.36. The van der Waals surface area contributed by atoms with Crippen molar-refractivity contribution in [1.82, 2.24) is 0 Å². The molecule has 1 N–H and O–H groups in total. The van der Waals surface area contributed by atoms with Gasteiger partial charge in [-0.1, -0.05) is 6.07 Å². The molecule has 2 aliphatic heterocycles. The van der Waals surface area contributed by atoms with Gasteiger partial charge in [0.15, 0.2) is 0 Å². The van der Waals surface area contributed by atoms with E-state index in [9.17, 15) is 9.32 Å². The van der Waals surface area contributed by atoms with Crippen LogP contribution in [0.2, 0.25) is 0 Å². The Bertz CT molecular complexity index is 592. The minimum atomic E-state index is -0.961. The molecule has 1 aromatic rings. The number of fused-ring (bicyclic) bond motifs is 2. The van der Waals surface area contributed by atoms with E-state index in [1.807, 2.05) is 6.07 Å². The Kier molecular flexibility index (Phi) is 3.31. The van der Waals surface area contributed by atoms with Crippen LogP contribution in [0, 0.1) is 11.3 Å². The normalized spacial score (nSPS) is 35.5. The molecule has 2 bridgehead atoms. The Labute approximate surface area is 120 Å². The lowest BCUT2D eigenvalue weighted by molar-refractivity contribution is 0.0184. The van der Waals surface area contributed by atoms with Crippen LogP contribution in [0.15, 0.2) is 18.2 Å². The number of hydrogen-bond acceptors (Lipinski definition) is 4. The van der Waals surface area contributed by atoms with E-state index < -0.39 is 16.4 Å². The molecule has 5 heteroatoms. The third-order valence-electron chi connectivity index (χ3n) is 4.46. The molecule has 0 saturated carbocycles. The zero-order chi connectivity index (χ0) is 14.3. The maximum absolute atomic E-state index is 12.1. The lowest BCUT2D eigenvalue weighted by Crippen LogP contribution is -2.40. The van der Waals surface area contributed by atoms with Gasteiger partial charge in [0.2, 0.25) is 0 Å². The molecule has 2 atom stereocenters. The van der Waals surface area contributed by atoms with E-state index >= 15 is 0 Å². The molecule has 2 aliphatic rings. The van der Waals surface area contributed by atoms with Crippen molar-refractivity contribution in [2.24, 2.45) is 0 Å². The highest BCUT2D eigenvalue weighted by Crippen LogP contribution is 2.46. The average molecular weight is 291 g/mol. The van der Waals surface area contributed by atoms with Crippen LogP contribution in [0.1, 0.15) is 36.8 Å². The molecule has 20 heavy (non-hydrogen) atoms. The molecule has 3 rings (SSSR count). The van der Waals surface area contributed by atoms with Gasteiger partial charge in [-0.2, -0.15) is 5.26 Å². The van der Waals surface area contributed by atoms with Gasteiger partial charge in [0.05, 0.1) is 18.3 Å². The lowest BCUT2D eigenvalue weighted by atomic mass is 9.85. The first-order chi connectivity index (χ1) is 9.57. The Balaban J connectivity index is 1.97. The van der Waals surface area contributed by atoms with Gasteiger partial charge in [0.25, 0.3) is 0 Å². The fraction of sp³-hybridized carbons (Fsp3) is 0.533. The van der Waals surface area contributed by atoms with Gasteiger partial charge in [0.1, 0.15) is 11.8 Å². The highest BCUT2D eigenvalue weighted by atomic mass is 32.2. The van der Waals surface area contributed by atoms with Gasteiger partial charge in [-0.25, -0.2) is 0 Å². The predicted molar refractivity (Wildman–Crippen MR) is 75.8 cm³/mol. The molecule has 0 spiro atoms. The molecule has 2 fully saturated rings. The van der Waals surface area contributed by atoms with Crippen LogP contribution in [-0.4, -0.2) is 26.9 Å². The Morgan fingerprint density at radius 2 is 2.05 bits per heavy atom. The van der Waals surface area contributed by atoms with E-state index in [1.54, 1.807) is 12.1 Å². The van der Waals surface area contributed by atoms with Gasteiger partial charge in [-0.05, 0) is 43.4 Å². The molecule has 2 unspecified atom stereocenters. The fourth-order valence-electron chi connectivity index (χ4n) is 3.40. The number of aliphatic hydroxyl groups is 1. The summed E-state index contributed by atoms with van der Waals surface area (Å²) in [7, 11) is 0.721. The quantitative estimate of drug-likeness (QED) is 0.902. The Hall–Kier alpha value is -1.38. The van der Waals surface area contributed by atoms with Crippen molar-refractivity contribution in [1.29, 1.82) is 5.26 Å². The number of nitriles is 1. The molecule has 2 saturated heterocycles. The van der Waals surface area contributed by atoms with Crippen LogP contribution in [-0.2, 0) is 16.4 Å². The Morgan fingerprint density at radius 1 is 1.40 bits per heavy atom. The smallest absolute Gasteiger partial charge is 0.136 e. The number of benzene rings is 1. The van der Waals surface area contributed by atoms with Crippen molar-refractivity contribution < 1.29 is 14.1 Å². The molecule has 0 aliphatic carbocycles. The molecule has 0 amide bonds. The number of hydrogen-bond donors (Lipinski definition) is 1. The van der Waals surface area contributed by atoms with E-state index in [2.05, 4.69) is 6.07 Å². The summed E-state index contributed by atoms with van der Waals surface area (Å²) in [5.74, 6) is 0.516. The van der Waals surface area contributed by atoms with Gasteiger partial charge in [0, 0.05) is 21.3 Å². The summed E-state index contributed by atoms with van der Waals surface area (Å²) < 4.78 is 17.2. The molecule has 0 aromatic heterocycles. The third kappa shape index (κ3) is 2.04. The average Bonchev–Trinajstić information content (AvgIpc) is 2.69. The number of nitrogens with zero attached hydrogens (tertiary/aromatic N) is 1. The topological polar surface area (TPSA) is 70.3 Å². The van der Waals surface area contributed by atoms with Gasteiger partial charge < -0.3 is 9.84 Å². The number of ether oxygens (including phenoxy) is 1. The van der Waals surface area contributed by atoms with Crippen LogP contribution in [0.5, 0.6) is 5.75 Å². The van der Waals surface area contributed by atoms with Crippen molar-refractivity contribution in [3.8, 4) is 11.8 Å². The second-order valence-electron chi connectivity index (χ2n) is 5.62. The highest BCUT2D eigenvalue weighted by molar-refractivity contribution is 7.86. The first-order valence-electron chi connectivity index (χ1n) is 6.78. The second kappa shape index (κ2) is 4.87. The van der Waals surface area contributed by atoms with Crippen molar-refractivity contribution in [3.63, 3.8) is 0 Å². The third-order valence-corrected chi connectivity index (χ3v) is 6.57. The number of methoxy groups -OCH3 is 1. The first-order valence-corrected chi connectivity index (χ1v) is 8.05. The van der Waals surface area contributed by atoms with E-state index in [0.717, 1.165) is 18.4 Å². The summed E-state index contributed by atoms with van der Waals surface area (Å²) in [5.41, 5.74) is 0.207. The minimum Gasteiger partial charge on any atom is -0.495 e. The van der Waals surface area contributed by atoms with Crippen molar-refractivity contribution in [2.75, 3.05) is 7.11 Å². The molecule has 2 heterocycles. The minimum absolute atomic E-state index is 0.0892. The van der Waals surface area contributed by atoms with Gasteiger partial charge >= 0.3 is 0 Å². The maximum Gasteiger partial charge on any atom is 0.136 e. The van der Waals surface area contributed by atoms with Gasteiger partial charge in [-0.3, -0.25) is 4.21 Å². The summed E-state index contributed by atoms with van der Waals surface area (Å²) in [4.78, 5) is 0. The fourth-order valence-corrected chi connectivity index (χ4v) is 5.56. The van der Waals surface area contributed by atoms with Crippen LogP contribution >= 0.6 is 0 Å². The molecule has 0 radical (unpaired) electrons. The standard InChI is InChI=1S/C15H17NO3S/c1-19-14-5-2-11(6-10(14)9-16)15(17)7-12-3-4-13(8-15)20(12)18/h2,5-6,12-13,17H,3-4,7-8H2,1H3. The summed E-state index contributed by atoms with van der Waals surface area (Å²) >= 11 is 0. The predicted octanol–water partition coefficient (Wildman–Crippen LogP) is 1.83. The molecular weight excluding hydrogens is 274 g/mol. The van der Waals surface area contributed by atoms with Crippen LogP contribution in [0.3, 0.4) is 0 Å². The van der Waals surface area contributed by atoms with Crippen molar-refractivity contribution >= 4 is 10.8 Å². The Morgan fingerprint density at radius 3 is 2.60 bits per heavy atom. The van der Waals surface area contributed by atoms with Crippen LogP contribution < -0.4 is 4.74 Å². The first kappa shape index (κ1) is 13.6. The van der Waals surface area contributed by atoms with Crippen LogP contribution in [0.4, 0.5) is 0 Å². The van der Waals surface area contributed by atoms with Crippen molar-refractivity contribution in [2.45, 2.75) is 41.8 Å².